The Morgan fingerprint density at radius 3 is 2.72 bits per heavy atom. The Balaban J connectivity index is 2.25. The van der Waals surface area contributed by atoms with E-state index in [2.05, 4.69) is 10.3 Å². The van der Waals surface area contributed by atoms with Crippen LogP contribution >= 0.6 is 0 Å². The molecule has 0 saturated carbocycles. The lowest BCUT2D eigenvalue weighted by molar-refractivity contribution is 0.102. The lowest BCUT2D eigenvalue weighted by Gasteiger charge is -2.09. The molecular formula is C14H14N2O2. The summed E-state index contributed by atoms with van der Waals surface area (Å²) in [5.74, 6) is -0.346. The molecule has 0 atom stereocenters. The SMILES string of the molecule is Cc1ccc(C(=O)Nc2ccncc2C)c(O)c1. The van der Waals surface area contributed by atoms with Gasteiger partial charge in [0.05, 0.1) is 5.56 Å². The summed E-state index contributed by atoms with van der Waals surface area (Å²) in [5.41, 5.74) is 2.73. The number of aromatic nitrogens is 1. The first-order valence-electron chi connectivity index (χ1n) is 5.59. The molecule has 0 spiro atoms. The first-order valence-corrected chi connectivity index (χ1v) is 5.59. The summed E-state index contributed by atoms with van der Waals surface area (Å²) < 4.78 is 0. The summed E-state index contributed by atoms with van der Waals surface area (Å²) in [6.45, 7) is 3.71. The fourth-order valence-corrected chi connectivity index (χ4v) is 1.64. The molecule has 0 fully saturated rings. The van der Waals surface area contributed by atoms with Crippen LogP contribution in [-0.2, 0) is 0 Å². The zero-order valence-corrected chi connectivity index (χ0v) is 10.3. The number of hydrogen-bond donors (Lipinski definition) is 2. The minimum Gasteiger partial charge on any atom is -0.507 e. The number of nitrogens with zero attached hydrogens (tertiary/aromatic N) is 1. The second-order valence-corrected chi connectivity index (χ2v) is 4.17. The largest absolute Gasteiger partial charge is 0.507 e. The number of amides is 1. The normalized spacial score (nSPS) is 10.1. The monoisotopic (exact) mass is 242 g/mol. The van der Waals surface area contributed by atoms with E-state index in [1.807, 2.05) is 13.8 Å². The van der Waals surface area contributed by atoms with E-state index in [-0.39, 0.29) is 17.2 Å². The molecule has 1 heterocycles. The number of nitrogens with one attached hydrogen (secondary N) is 1. The number of carbonyl (C=O) groups excluding carboxylic acids is 1. The molecule has 2 rings (SSSR count). The maximum Gasteiger partial charge on any atom is 0.259 e. The van der Waals surface area contributed by atoms with Crippen molar-refractivity contribution in [2.75, 3.05) is 5.32 Å². The summed E-state index contributed by atoms with van der Waals surface area (Å²) >= 11 is 0. The Bertz CT molecular complexity index is 594. The molecule has 4 nitrogen and oxygen atoms in total. The smallest absolute Gasteiger partial charge is 0.259 e. The summed E-state index contributed by atoms with van der Waals surface area (Å²) in [4.78, 5) is 16.0. The molecule has 0 bridgehead atoms. The van der Waals surface area contributed by atoms with Crippen molar-refractivity contribution < 1.29 is 9.90 Å². The van der Waals surface area contributed by atoms with Crippen LogP contribution in [0.1, 0.15) is 21.5 Å². The van der Waals surface area contributed by atoms with E-state index in [4.69, 9.17) is 0 Å². The van der Waals surface area contributed by atoms with Crippen LogP contribution in [0.15, 0.2) is 36.7 Å². The van der Waals surface area contributed by atoms with Gasteiger partial charge in [0, 0.05) is 18.1 Å². The molecule has 92 valence electrons. The van der Waals surface area contributed by atoms with E-state index in [9.17, 15) is 9.90 Å². The highest BCUT2D eigenvalue weighted by Crippen LogP contribution is 2.20. The summed E-state index contributed by atoms with van der Waals surface area (Å²) in [7, 11) is 0. The highest BCUT2D eigenvalue weighted by molar-refractivity contribution is 6.06. The average molecular weight is 242 g/mol. The molecule has 18 heavy (non-hydrogen) atoms. The van der Waals surface area contributed by atoms with Gasteiger partial charge in [0.25, 0.3) is 5.91 Å². The van der Waals surface area contributed by atoms with Gasteiger partial charge in [-0.1, -0.05) is 6.07 Å². The molecule has 0 aliphatic heterocycles. The second kappa shape index (κ2) is 4.87. The Morgan fingerprint density at radius 2 is 2.06 bits per heavy atom. The number of carbonyl (C=O) groups is 1. The van der Waals surface area contributed by atoms with Crippen LogP contribution in [0.3, 0.4) is 0 Å². The van der Waals surface area contributed by atoms with E-state index in [0.717, 1.165) is 11.1 Å². The minimum absolute atomic E-state index is 0.0146. The van der Waals surface area contributed by atoms with Crippen LogP contribution in [0.5, 0.6) is 5.75 Å². The van der Waals surface area contributed by atoms with Crippen LogP contribution in [0.4, 0.5) is 5.69 Å². The van der Waals surface area contributed by atoms with Crippen molar-refractivity contribution in [2.45, 2.75) is 13.8 Å². The van der Waals surface area contributed by atoms with Crippen molar-refractivity contribution in [3.8, 4) is 5.75 Å². The predicted molar refractivity (Wildman–Crippen MR) is 69.8 cm³/mol. The van der Waals surface area contributed by atoms with E-state index in [0.29, 0.717) is 5.69 Å². The van der Waals surface area contributed by atoms with E-state index >= 15 is 0 Å². The lowest BCUT2D eigenvalue weighted by Crippen LogP contribution is -2.13. The molecule has 0 aliphatic carbocycles. The van der Waals surface area contributed by atoms with Crippen LogP contribution in [0.2, 0.25) is 0 Å². The number of anilines is 1. The van der Waals surface area contributed by atoms with Gasteiger partial charge in [0.2, 0.25) is 0 Å². The molecular weight excluding hydrogens is 228 g/mol. The number of hydrogen-bond acceptors (Lipinski definition) is 3. The predicted octanol–water partition coefficient (Wildman–Crippen LogP) is 2.66. The average Bonchev–Trinajstić information content (AvgIpc) is 2.32. The fraction of sp³-hybridized carbons (Fsp3) is 0.143. The number of aryl methyl sites for hydroxylation is 2. The van der Waals surface area contributed by atoms with Crippen LogP contribution in [-0.4, -0.2) is 16.0 Å². The third-order valence-electron chi connectivity index (χ3n) is 2.67. The van der Waals surface area contributed by atoms with Crippen molar-refractivity contribution in [1.82, 2.24) is 4.98 Å². The molecule has 0 radical (unpaired) electrons. The van der Waals surface area contributed by atoms with Crippen molar-refractivity contribution in [3.63, 3.8) is 0 Å². The van der Waals surface area contributed by atoms with E-state index in [1.165, 1.54) is 0 Å². The Kier molecular flexibility index (Phi) is 3.28. The van der Waals surface area contributed by atoms with Crippen LogP contribution in [0, 0.1) is 13.8 Å². The van der Waals surface area contributed by atoms with Crippen molar-refractivity contribution in [2.24, 2.45) is 0 Å². The number of phenolic OH excluding ortho intramolecular Hbond substituents is 1. The highest BCUT2D eigenvalue weighted by atomic mass is 16.3. The molecule has 1 aromatic heterocycles. The van der Waals surface area contributed by atoms with Crippen molar-refractivity contribution in [1.29, 1.82) is 0 Å². The quantitative estimate of drug-likeness (QED) is 0.851. The lowest BCUT2D eigenvalue weighted by atomic mass is 10.1. The third-order valence-corrected chi connectivity index (χ3v) is 2.67. The number of aromatic hydroxyl groups is 1. The molecule has 1 aromatic carbocycles. The maximum atomic E-state index is 12.0. The molecule has 0 saturated heterocycles. The van der Waals surface area contributed by atoms with Crippen LogP contribution in [0.25, 0.3) is 0 Å². The third kappa shape index (κ3) is 2.48. The molecule has 4 heteroatoms. The number of phenols is 1. The maximum absolute atomic E-state index is 12.0. The van der Waals surface area contributed by atoms with Gasteiger partial charge < -0.3 is 10.4 Å². The zero-order chi connectivity index (χ0) is 13.1. The number of rotatable bonds is 2. The first kappa shape index (κ1) is 12.1. The Morgan fingerprint density at radius 1 is 1.28 bits per heavy atom. The fourth-order valence-electron chi connectivity index (χ4n) is 1.64. The van der Waals surface area contributed by atoms with Crippen molar-refractivity contribution in [3.05, 3.63) is 53.3 Å². The number of pyridine rings is 1. The van der Waals surface area contributed by atoms with Gasteiger partial charge in [-0.3, -0.25) is 9.78 Å². The summed E-state index contributed by atoms with van der Waals surface area (Å²) in [5, 5.41) is 12.5. The number of benzene rings is 1. The molecule has 0 aliphatic rings. The zero-order valence-electron chi connectivity index (χ0n) is 10.3. The Hall–Kier alpha value is -2.36. The van der Waals surface area contributed by atoms with Crippen LogP contribution < -0.4 is 5.32 Å². The van der Waals surface area contributed by atoms with Gasteiger partial charge in [-0.05, 0) is 43.2 Å². The van der Waals surface area contributed by atoms with Gasteiger partial charge in [0.1, 0.15) is 5.75 Å². The molecule has 2 N–H and O–H groups in total. The van der Waals surface area contributed by atoms with Gasteiger partial charge in [-0.15, -0.1) is 0 Å². The van der Waals surface area contributed by atoms with Gasteiger partial charge in [0.15, 0.2) is 0 Å². The topological polar surface area (TPSA) is 62.2 Å². The minimum atomic E-state index is -0.332. The van der Waals surface area contributed by atoms with Crippen molar-refractivity contribution >= 4 is 11.6 Å². The highest BCUT2D eigenvalue weighted by Gasteiger charge is 2.12. The summed E-state index contributed by atoms with van der Waals surface area (Å²) in [6.07, 6.45) is 3.28. The molecule has 1 amide bonds. The van der Waals surface area contributed by atoms with E-state index in [1.54, 1.807) is 36.7 Å². The second-order valence-electron chi connectivity index (χ2n) is 4.17. The van der Waals surface area contributed by atoms with E-state index < -0.39 is 0 Å². The molecule has 2 aromatic rings. The van der Waals surface area contributed by atoms with Gasteiger partial charge in [-0.25, -0.2) is 0 Å². The van der Waals surface area contributed by atoms with Gasteiger partial charge >= 0.3 is 0 Å². The summed E-state index contributed by atoms with van der Waals surface area (Å²) in [6, 6.07) is 6.68. The Labute approximate surface area is 105 Å². The van der Waals surface area contributed by atoms with Gasteiger partial charge in [-0.2, -0.15) is 0 Å². The standard InChI is InChI=1S/C14H14N2O2/c1-9-3-4-11(13(17)7-9)14(18)16-12-5-6-15-8-10(12)2/h3-8,17H,1-2H3,(H,15,16,18). The first-order chi connectivity index (χ1) is 8.58. The molecule has 0 unspecified atom stereocenters.